The third-order valence-corrected chi connectivity index (χ3v) is 4.02. The highest BCUT2D eigenvalue weighted by molar-refractivity contribution is 9.11. The van der Waals surface area contributed by atoms with Crippen molar-refractivity contribution >= 4 is 39.1 Å². The van der Waals surface area contributed by atoms with Crippen LogP contribution in [0.5, 0.6) is 0 Å². The van der Waals surface area contributed by atoms with Gasteiger partial charge in [0.2, 0.25) is 0 Å². The van der Waals surface area contributed by atoms with Gasteiger partial charge in [-0.2, -0.15) is 0 Å². The van der Waals surface area contributed by atoms with Crippen LogP contribution in [0.4, 0.5) is 0 Å². The number of thiophene rings is 1. The molecule has 1 aromatic rings. The summed E-state index contributed by atoms with van der Waals surface area (Å²) < 4.78 is 1.15. The Morgan fingerprint density at radius 2 is 2.31 bits per heavy atom. The van der Waals surface area contributed by atoms with Crippen LogP contribution in [0.3, 0.4) is 0 Å². The van der Waals surface area contributed by atoms with E-state index in [1.165, 1.54) is 4.88 Å². The summed E-state index contributed by atoms with van der Waals surface area (Å²) in [7, 11) is 0. The Labute approximate surface area is 107 Å². The number of nitrogens with one attached hydrogen (secondary N) is 2. The first kappa shape index (κ1) is 11.6. The molecule has 2 heterocycles. The molecule has 6 heteroatoms. The standard InChI is InChI=1S/C10H13BrN4S/c1-6(8-3-4-9(11)16-8)14-10-13-5-12-7(2)15-10/h3-4,6H,5H2,1-2H3,(H2,12,13,14,15). The van der Waals surface area contributed by atoms with E-state index in [2.05, 4.69) is 55.6 Å². The van der Waals surface area contributed by atoms with Gasteiger partial charge in [-0.25, -0.2) is 9.98 Å². The number of rotatable bonds is 2. The van der Waals surface area contributed by atoms with Gasteiger partial charge in [0.1, 0.15) is 12.5 Å². The lowest BCUT2D eigenvalue weighted by Crippen LogP contribution is -2.43. The van der Waals surface area contributed by atoms with Gasteiger partial charge in [-0.1, -0.05) is 0 Å². The zero-order valence-electron chi connectivity index (χ0n) is 9.12. The number of aliphatic imine (C=N–C) groups is 2. The molecule has 0 bridgehead atoms. The lowest BCUT2D eigenvalue weighted by molar-refractivity contribution is 0.710. The molecule has 0 aliphatic carbocycles. The molecule has 1 aliphatic heterocycles. The average Bonchev–Trinajstić information content (AvgIpc) is 2.65. The zero-order chi connectivity index (χ0) is 11.5. The fourth-order valence-corrected chi connectivity index (χ4v) is 2.81. The Kier molecular flexibility index (Phi) is 3.60. The summed E-state index contributed by atoms with van der Waals surface area (Å²) in [5.41, 5.74) is 0. The van der Waals surface area contributed by atoms with E-state index in [1.807, 2.05) is 6.92 Å². The van der Waals surface area contributed by atoms with Crippen LogP contribution < -0.4 is 10.6 Å². The molecule has 16 heavy (non-hydrogen) atoms. The number of nitrogens with zero attached hydrogens (tertiary/aromatic N) is 2. The highest BCUT2D eigenvalue weighted by Gasteiger charge is 2.11. The highest BCUT2D eigenvalue weighted by atomic mass is 79.9. The molecule has 0 saturated carbocycles. The summed E-state index contributed by atoms with van der Waals surface area (Å²) in [5, 5.41) is 6.43. The molecule has 0 radical (unpaired) electrons. The van der Waals surface area contributed by atoms with Crippen molar-refractivity contribution in [2.75, 3.05) is 6.67 Å². The molecule has 0 spiro atoms. The van der Waals surface area contributed by atoms with Crippen LogP contribution in [-0.2, 0) is 0 Å². The minimum Gasteiger partial charge on any atom is -0.349 e. The van der Waals surface area contributed by atoms with Gasteiger partial charge in [-0.05, 0) is 41.9 Å². The van der Waals surface area contributed by atoms with E-state index in [-0.39, 0.29) is 6.04 Å². The maximum absolute atomic E-state index is 4.25. The molecule has 2 rings (SSSR count). The predicted octanol–water partition coefficient (Wildman–Crippen LogP) is 2.50. The molecule has 1 unspecified atom stereocenters. The van der Waals surface area contributed by atoms with E-state index in [0.717, 1.165) is 15.6 Å². The van der Waals surface area contributed by atoms with Gasteiger partial charge in [0, 0.05) is 4.88 Å². The van der Waals surface area contributed by atoms with Crippen LogP contribution in [-0.4, -0.2) is 18.5 Å². The van der Waals surface area contributed by atoms with Crippen LogP contribution >= 0.6 is 27.3 Å². The quantitative estimate of drug-likeness (QED) is 0.882. The second-order valence-electron chi connectivity index (χ2n) is 3.52. The molecule has 0 aromatic carbocycles. The molecule has 0 amide bonds. The Bertz CT molecular complexity index is 438. The number of hydrogen-bond acceptors (Lipinski definition) is 5. The summed E-state index contributed by atoms with van der Waals surface area (Å²) in [6, 6.07) is 4.41. The lowest BCUT2D eigenvalue weighted by Gasteiger charge is -2.19. The molecule has 0 fully saturated rings. The first-order valence-corrected chi connectivity index (χ1v) is 6.60. The van der Waals surface area contributed by atoms with Gasteiger partial charge in [0.05, 0.1) is 9.83 Å². The van der Waals surface area contributed by atoms with Gasteiger partial charge in [-0.15, -0.1) is 11.3 Å². The Morgan fingerprint density at radius 3 is 2.94 bits per heavy atom. The maximum atomic E-state index is 4.25. The van der Waals surface area contributed by atoms with E-state index in [9.17, 15) is 0 Å². The van der Waals surface area contributed by atoms with Gasteiger partial charge < -0.3 is 10.6 Å². The maximum Gasteiger partial charge on any atom is 0.199 e. The molecule has 2 N–H and O–H groups in total. The normalized spacial score (nSPS) is 17.2. The van der Waals surface area contributed by atoms with Gasteiger partial charge in [-0.3, -0.25) is 0 Å². The Hall–Kier alpha value is -0.880. The molecule has 0 saturated heterocycles. The topological polar surface area (TPSA) is 48.8 Å². The Morgan fingerprint density at radius 1 is 1.50 bits per heavy atom. The van der Waals surface area contributed by atoms with Crippen molar-refractivity contribution in [1.29, 1.82) is 0 Å². The molecular weight excluding hydrogens is 288 g/mol. The summed E-state index contributed by atoms with van der Waals surface area (Å²) >= 11 is 5.19. The lowest BCUT2D eigenvalue weighted by atomic mass is 10.3. The zero-order valence-corrected chi connectivity index (χ0v) is 11.5. The molecule has 1 atom stereocenters. The van der Waals surface area contributed by atoms with Crippen LogP contribution in [0.1, 0.15) is 24.8 Å². The monoisotopic (exact) mass is 300 g/mol. The summed E-state index contributed by atoms with van der Waals surface area (Å²) in [5.74, 6) is 1.70. The van der Waals surface area contributed by atoms with E-state index in [0.29, 0.717) is 6.67 Å². The number of halogens is 1. The van der Waals surface area contributed by atoms with Crippen molar-refractivity contribution in [2.24, 2.45) is 9.98 Å². The third-order valence-electron chi connectivity index (χ3n) is 2.21. The first-order valence-electron chi connectivity index (χ1n) is 4.99. The second kappa shape index (κ2) is 4.97. The van der Waals surface area contributed by atoms with Crippen LogP contribution in [0, 0.1) is 0 Å². The molecular formula is C10H13BrN4S. The van der Waals surface area contributed by atoms with Gasteiger partial charge in [0.25, 0.3) is 0 Å². The summed E-state index contributed by atoms with van der Waals surface area (Å²) in [4.78, 5) is 9.66. The minimum atomic E-state index is 0.244. The van der Waals surface area contributed by atoms with E-state index in [1.54, 1.807) is 11.3 Å². The van der Waals surface area contributed by atoms with E-state index in [4.69, 9.17) is 0 Å². The third kappa shape index (κ3) is 2.82. The molecule has 1 aliphatic rings. The van der Waals surface area contributed by atoms with Crippen molar-refractivity contribution in [3.63, 3.8) is 0 Å². The van der Waals surface area contributed by atoms with Crippen molar-refractivity contribution in [3.05, 3.63) is 20.8 Å². The molecule has 4 nitrogen and oxygen atoms in total. The summed E-state index contributed by atoms with van der Waals surface area (Å²) in [6.45, 7) is 4.55. The van der Waals surface area contributed by atoms with Crippen LogP contribution in [0.2, 0.25) is 0 Å². The second-order valence-corrected chi connectivity index (χ2v) is 6.02. The minimum absolute atomic E-state index is 0.244. The van der Waals surface area contributed by atoms with E-state index < -0.39 is 0 Å². The first-order chi connectivity index (χ1) is 7.65. The van der Waals surface area contributed by atoms with Gasteiger partial charge >= 0.3 is 0 Å². The average molecular weight is 301 g/mol. The van der Waals surface area contributed by atoms with E-state index >= 15 is 0 Å². The number of amidine groups is 1. The number of guanidine groups is 1. The van der Waals surface area contributed by atoms with Crippen molar-refractivity contribution in [3.8, 4) is 0 Å². The largest absolute Gasteiger partial charge is 0.349 e. The van der Waals surface area contributed by atoms with Gasteiger partial charge in [0.15, 0.2) is 5.96 Å². The SMILES string of the molecule is CC1=NCN=C(NC(C)c2ccc(Br)s2)N1. The van der Waals surface area contributed by atoms with Crippen molar-refractivity contribution in [1.82, 2.24) is 10.6 Å². The Balaban J connectivity index is 1.97. The van der Waals surface area contributed by atoms with Crippen molar-refractivity contribution in [2.45, 2.75) is 19.9 Å². The van der Waals surface area contributed by atoms with Crippen LogP contribution in [0.25, 0.3) is 0 Å². The molecule has 86 valence electrons. The van der Waals surface area contributed by atoms with Crippen LogP contribution in [0.15, 0.2) is 25.9 Å². The summed E-state index contributed by atoms with van der Waals surface area (Å²) in [6.07, 6.45) is 0. The number of hydrogen-bond donors (Lipinski definition) is 2. The molecule has 1 aromatic heterocycles. The fraction of sp³-hybridized carbons (Fsp3) is 0.400. The fourth-order valence-electron chi connectivity index (χ4n) is 1.38. The highest BCUT2D eigenvalue weighted by Crippen LogP contribution is 2.26. The smallest absolute Gasteiger partial charge is 0.199 e. The van der Waals surface area contributed by atoms with Crippen molar-refractivity contribution < 1.29 is 0 Å². The predicted molar refractivity (Wildman–Crippen MR) is 72.1 cm³/mol.